The molecule has 0 unspecified atom stereocenters. The summed E-state index contributed by atoms with van der Waals surface area (Å²) < 4.78 is 0. The number of aryl methyl sites for hydroxylation is 1. The Hall–Kier alpha value is -1.13. The van der Waals surface area contributed by atoms with E-state index in [0.717, 1.165) is 16.3 Å². The number of pyridine rings is 1. The fourth-order valence-corrected chi connectivity index (χ4v) is 2.23. The molecule has 1 N–H and O–H groups in total. The number of halogens is 1. The maximum atomic E-state index is 5.82. The topological polar surface area (TPSA) is 37.8 Å². The molecule has 0 saturated heterocycles. The second kappa shape index (κ2) is 4.16. The van der Waals surface area contributed by atoms with Crippen LogP contribution in [0.4, 0.5) is 5.69 Å². The molecular formula is C10H10ClN3S. The van der Waals surface area contributed by atoms with Gasteiger partial charge in [0.05, 0.1) is 5.56 Å². The molecule has 0 aliphatic carbocycles. The number of anilines is 1. The van der Waals surface area contributed by atoms with Gasteiger partial charge in [-0.25, -0.2) is 9.97 Å². The van der Waals surface area contributed by atoms with E-state index in [2.05, 4.69) is 15.3 Å². The van der Waals surface area contributed by atoms with Gasteiger partial charge in [-0.05, 0) is 13.0 Å². The zero-order valence-corrected chi connectivity index (χ0v) is 9.99. The predicted molar refractivity (Wildman–Crippen MR) is 64.6 cm³/mol. The number of hydrogen-bond acceptors (Lipinski definition) is 4. The molecule has 5 heteroatoms. The molecule has 0 fully saturated rings. The minimum Gasteiger partial charge on any atom is -0.387 e. The normalized spacial score (nSPS) is 10.3. The van der Waals surface area contributed by atoms with Gasteiger partial charge in [0.1, 0.15) is 10.2 Å². The minimum absolute atomic E-state index is 0.483. The lowest BCUT2D eigenvalue weighted by Crippen LogP contribution is -1.92. The first kappa shape index (κ1) is 10.4. The molecule has 0 atom stereocenters. The summed E-state index contributed by atoms with van der Waals surface area (Å²) in [7, 11) is 1.86. The first-order valence-electron chi connectivity index (χ1n) is 4.47. The first-order chi connectivity index (χ1) is 7.20. The van der Waals surface area contributed by atoms with Crippen LogP contribution in [0, 0.1) is 6.92 Å². The highest BCUT2D eigenvalue weighted by molar-refractivity contribution is 7.15. The Morgan fingerprint density at radius 2 is 2.13 bits per heavy atom. The molecule has 2 aromatic heterocycles. The van der Waals surface area contributed by atoms with E-state index in [1.807, 2.05) is 20.2 Å². The molecule has 78 valence electrons. The summed E-state index contributed by atoms with van der Waals surface area (Å²) in [6.45, 7) is 2.03. The SMILES string of the molecule is CNc1cc(Cl)ncc1-c1ncc(C)s1. The van der Waals surface area contributed by atoms with Crippen molar-refractivity contribution in [1.29, 1.82) is 0 Å². The lowest BCUT2D eigenvalue weighted by Gasteiger charge is -2.05. The molecule has 0 bridgehead atoms. The van der Waals surface area contributed by atoms with Crippen molar-refractivity contribution in [3.63, 3.8) is 0 Å². The molecule has 2 rings (SSSR count). The van der Waals surface area contributed by atoms with Gasteiger partial charge in [-0.1, -0.05) is 11.6 Å². The maximum Gasteiger partial charge on any atom is 0.131 e. The molecule has 2 heterocycles. The Labute approximate surface area is 97.2 Å². The number of aromatic nitrogens is 2. The van der Waals surface area contributed by atoms with Gasteiger partial charge in [0, 0.05) is 30.0 Å². The molecule has 0 radical (unpaired) electrons. The summed E-state index contributed by atoms with van der Waals surface area (Å²) in [6, 6.07) is 1.80. The van der Waals surface area contributed by atoms with Crippen LogP contribution in [0.15, 0.2) is 18.5 Å². The number of nitrogens with zero attached hydrogens (tertiary/aromatic N) is 2. The van der Waals surface area contributed by atoms with Crippen LogP contribution in [0.1, 0.15) is 4.88 Å². The summed E-state index contributed by atoms with van der Waals surface area (Å²) in [5, 5.41) is 4.53. The first-order valence-corrected chi connectivity index (χ1v) is 5.66. The molecule has 0 aliphatic heterocycles. The van der Waals surface area contributed by atoms with Gasteiger partial charge < -0.3 is 5.32 Å². The van der Waals surface area contributed by atoms with Crippen molar-refractivity contribution in [2.75, 3.05) is 12.4 Å². The van der Waals surface area contributed by atoms with Gasteiger partial charge in [0.2, 0.25) is 0 Å². The summed E-state index contributed by atoms with van der Waals surface area (Å²) >= 11 is 7.46. The summed E-state index contributed by atoms with van der Waals surface area (Å²) in [5.41, 5.74) is 1.93. The lowest BCUT2D eigenvalue weighted by molar-refractivity contribution is 1.30. The Balaban J connectivity index is 2.52. The van der Waals surface area contributed by atoms with Gasteiger partial charge >= 0.3 is 0 Å². The monoisotopic (exact) mass is 239 g/mol. The average Bonchev–Trinajstić information content (AvgIpc) is 2.64. The van der Waals surface area contributed by atoms with Crippen molar-refractivity contribution in [2.24, 2.45) is 0 Å². The molecule has 3 nitrogen and oxygen atoms in total. The standard InChI is InChI=1S/C10H10ClN3S/c1-6-4-14-10(15-6)7-5-13-9(11)3-8(7)12-2/h3-5H,1-2H3,(H,12,13). The predicted octanol–water partition coefficient (Wildman–Crippen LogP) is 3.21. The fraction of sp³-hybridized carbons (Fsp3) is 0.200. The average molecular weight is 240 g/mol. The van der Waals surface area contributed by atoms with Crippen molar-refractivity contribution in [3.8, 4) is 10.6 Å². The van der Waals surface area contributed by atoms with E-state index in [-0.39, 0.29) is 0 Å². The minimum atomic E-state index is 0.483. The van der Waals surface area contributed by atoms with Gasteiger partial charge in [-0.15, -0.1) is 11.3 Å². The Kier molecular flexibility index (Phi) is 2.88. The fourth-order valence-electron chi connectivity index (χ4n) is 1.29. The highest BCUT2D eigenvalue weighted by Gasteiger charge is 2.08. The van der Waals surface area contributed by atoms with Crippen molar-refractivity contribution < 1.29 is 0 Å². The Morgan fingerprint density at radius 1 is 1.33 bits per heavy atom. The largest absolute Gasteiger partial charge is 0.387 e. The van der Waals surface area contributed by atoms with Crippen LogP contribution in [-0.4, -0.2) is 17.0 Å². The van der Waals surface area contributed by atoms with E-state index in [1.54, 1.807) is 23.6 Å². The molecule has 0 saturated carbocycles. The number of rotatable bonds is 2. The van der Waals surface area contributed by atoms with Crippen molar-refractivity contribution in [2.45, 2.75) is 6.92 Å². The second-order valence-corrected chi connectivity index (χ2v) is 4.70. The molecular weight excluding hydrogens is 230 g/mol. The molecule has 0 spiro atoms. The van der Waals surface area contributed by atoms with Crippen LogP contribution in [-0.2, 0) is 0 Å². The van der Waals surface area contributed by atoms with Crippen LogP contribution < -0.4 is 5.32 Å². The third kappa shape index (κ3) is 2.11. The van der Waals surface area contributed by atoms with Gasteiger partial charge in [0.25, 0.3) is 0 Å². The van der Waals surface area contributed by atoms with Crippen LogP contribution in [0.2, 0.25) is 5.15 Å². The number of hydrogen-bond donors (Lipinski definition) is 1. The molecule has 0 aliphatic rings. The molecule has 15 heavy (non-hydrogen) atoms. The van der Waals surface area contributed by atoms with Gasteiger partial charge in [-0.3, -0.25) is 0 Å². The molecule has 0 aromatic carbocycles. The number of nitrogens with one attached hydrogen (secondary N) is 1. The summed E-state index contributed by atoms with van der Waals surface area (Å²) in [4.78, 5) is 9.57. The summed E-state index contributed by atoms with van der Waals surface area (Å²) in [5.74, 6) is 0. The smallest absolute Gasteiger partial charge is 0.131 e. The Morgan fingerprint density at radius 3 is 2.73 bits per heavy atom. The van der Waals surface area contributed by atoms with Gasteiger partial charge in [-0.2, -0.15) is 0 Å². The third-order valence-electron chi connectivity index (χ3n) is 1.99. The van der Waals surface area contributed by atoms with E-state index in [0.29, 0.717) is 5.15 Å². The van der Waals surface area contributed by atoms with E-state index in [9.17, 15) is 0 Å². The van der Waals surface area contributed by atoms with Crippen LogP contribution in [0.3, 0.4) is 0 Å². The van der Waals surface area contributed by atoms with Crippen molar-refractivity contribution >= 4 is 28.6 Å². The highest BCUT2D eigenvalue weighted by Crippen LogP contribution is 2.31. The zero-order valence-electron chi connectivity index (χ0n) is 8.41. The van der Waals surface area contributed by atoms with E-state index >= 15 is 0 Å². The second-order valence-electron chi connectivity index (χ2n) is 3.08. The van der Waals surface area contributed by atoms with Crippen LogP contribution in [0.5, 0.6) is 0 Å². The highest BCUT2D eigenvalue weighted by atomic mass is 35.5. The van der Waals surface area contributed by atoms with Crippen LogP contribution in [0.25, 0.3) is 10.6 Å². The van der Waals surface area contributed by atoms with Crippen molar-refractivity contribution in [1.82, 2.24) is 9.97 Å². The van der Waals surface area contributed by atoms with E-state index in [1.165, 1.54) is 4.88 Å². The molecule has 2 aromatic rings. The summed E-state index contributed by atoms with van der Waals surface area (Å²) in [6.07, 6.45) is 3.60. The maximum absolute atomic E-state index is 5.82. The van der Waals surface area contributed by atoms with Crippen molar-refractivity contribution in [3.05, 3.63) is 28.5 Å². The van der Waals surface area contributed by atoms with Crippen LogP contribution >= 0.6 is 22.9 Å². The Bertz CT molecular complexity index is 481. The van der Waals surface area contributed by atoms with E-state index < -0.39 is 0 Å². The third-order valence-corrected chi connectivity index (χ3v) is 3.14. The van der Waals surface area contributed by atoms with Gasteiger partial charge in [0.15, 0.2) is 0 Å². The quantitative estimate of drug-likeness (QED) is 0.818. The lowest BCUT2D eigenvalue weighted by atomic mass is 10.2. The van der Waals surface area contributed by atoms with E-state index in [4.69, 9.17) is 11.6 Å². The molecule has 0 amide bonds. The number of thiazole rings is 1. The zero-order chi connectivity index (χ0) is 10.8.